The van der Waals surface area contributed by atoms with E-state index in [-0.39, 0.29) is 0 Å². The first-order valence-corrected chi connectivity index (χ1v) is 6.00. The van der Waals surface area contributed by atoms with Gasteiger partial charge >= 0.3 is 0 Å². The van der Waals surface area contributed by atoms with Crippen molar-refractivity contribution in [3.8, 4) is 6.07 Å². The Hall–Kier alpha value is -1.82. The van der Waals surface area contributed by atoms with Gasteiger partial charge in [0.05, 0.1) is 17.7 Å². The van der Waals surface area contributed by atoms with Crippen molar-refractivity contribution in [3.05, 3.63) is 70.2 Å². The van der Waals surface area contributed by atoms with Gasteiger partial charge in [0.15, 0.2) is 0 Å². The summed E-state index contributed by atoms with van der Waals surface area (Å²) in [6, 6.07) is 16.5. The lowest BCUT2D eigenvalue weighted by Gasteiger charge is -2.12. The zero-order valence-corrected chi connectivity index (χ0v) is 10.4. The van der Waals surface area contributed by atoms with Crippen LogP contribution in [0.25, 0.3) is 0 Å². The summed E-state index contributed by atoms with van der Waals surface area (Å²) in [5.74, 6) is 0. The van der Waals surface area contributed by atoms with Crippen LogP contribution in [-0.2, 0) is 6.42 Å². The van der Waals surface area contributed by atoms with Crippen LogP contribution in [0, 0.1) is 11.3 Å². The van der Waals surface area contributed by atoms with Gasteiger partial charge in [0.25, 0.3) is 0 Å². The lowest BCUT2D eigenvalue weighted by atomic mass is 10.00. The average molecular weight is 258 g/mol. The Morgan fingerprint density at radius 1 is 1.17 bits per heavy atom. The third-order valence-electron chi connectivity index (χ3n) is 2.77. The Morgan fingerprint density at radius 2 is 1.94 bits per heavy atom. The molecule has 0 amide bonds. The highest BCUT2D eigenvalue weighted by molar-refractivity contribution is 6.31. The number of hydrogen-bond donors (Lipinski definition) is 1. The van der Waals surface area contributed by atoms with Gasteiger partial charge in [-0.25, -0.2) is 0 Å². The summed E-state index contributed by atoms with van der Waals surface area (Å²) in [5.41, 5.74) is 2.17. The highest BCUT2D eigenvalue weighted by atomic mass is 35.5. The van der Waals surface area contributed by atoms with Crippen molar-refractivity contribution < 1.29 is 5.11 Å². The fourth-order valence-corrected chi connectivity index (χ4v) is 2.02. The van der Waals surface area contributed by atoms with E-state index in [9.17, 15) is 5.11 Å². The molecule has 3 heteroatoms. The molecule has 0 saturated carbocycles. The molecule has 1 atom stereocenters. The molecule has 2 aromatic carbocycles. The molecule has 2 aromatic rings. The summed E-state index contributed by atoms with van der Waals surface area (Å²) in [4.78, 5) is 0. The van der Waals surface area contributed by atoms with Gasteiger partial charge in [0.1, 0.15) is 0 Å². The summed E-state index contributed by atoms with van der Waals surface area (Å²) >= 11 is 6.05. The molecule has 2 rings (SSSR count). The fraction of sp³-hybridized carbons (Fsp3) is 0.133. The third-order valence-corrected chi connectivity index (χ3v) is 3.14. The zero-order valence-electron chi connectivity index (χ0n) is 9.68. The summed E-state index contributed by atoms with van der Waals surface area (Å²) in [6.45, 7) is 0. The lowest BCUT2D eigenvalue weighted by Crippen LogP contribution is -2.02. The molecular weight excluding hydrogens is 246 g/mol. The van der Waals surface area contributed by atoms with E-state index in [1.54, 1.807) is 24.3 Å². The maximum Gasteiger partial charge on any atom is 0.0991 e. The van der Waals surface area contributed by atoms with Gasteiger partial charge in [-0.2, -0.15) is 5.26 Å². The molecule has 0 aromatic heterocycles. The third kappa shape index (κ3) is 2.89. The molecule has 0 aliphatic heterocycles. The molecule has 18 heavy (non-hydrogen) atoms. The number of halogens is 1. The van der Waals surface area contributed by atoms with Crippen LogP contribution < -0.4 is 0 Å². The molecule has 0 aliphatic carbocycles. The topological polar surface area (TPSA) is 44.0 Å². The first-order valence-electron chi connectivity index (χ1n) is 5.62. The van der Waals surface area contributed by atoms with E-state index in [1.807, 2.05) is 24.3 Å². The Kier molecular flexibility index (Phi) is 3.99. The van der Waals surface area contributed by atoms with Gasteiger partial charge in [0, 0.05) is 11.4 Å². The molecule has 90 valence electrons. The van der Waals surface area contributed by atoms with Crippen LogP contribution in [0.4, 0.5) is 0 Å². The predicted molar refractivity (Wildman–Crippen MR) is 71.3 cm³/mol. The molecule has 0 bridgehead atoms. The molecule has 1 N–H and O–H groups in total. The minimum Gasteiger partial charge on any atom is -0.388 e. The number of rotatable bonds is 3. The zero-order chi connectivity index (χ0) is 13.0. The summed E-state index contributed by atoms with van der Waals surface area (Å²) in [7, 11) is 0. The number of aliphatic hydroxyl groups excluding tert-OH is 1. The van der Waals surface area contributed by atoms with E-state index in [1.165, 1.54) is 0 Å². The largest absolute Gasteiger partial charge is 0.388 e. The Bertz CT molecular complexity index is 589. The molecule has 0 spiro atoms. The second-order valence-electron chi connectivity index (χ2n) is 4.05. The first-order chi connectivity index (χ1) is 8.70. The van der Waals surface area contributed by atoms with Crippen molar-refractivity contribution in [2.75, 3.05) is 0 Å². The van der Waals surface area contributed by atoms with Crippen LogP contribution in [0.5, 0.6) is 0 Å². The van der Waals surface area contributed by atoms with Crippen molar-refractivity contribution in [2.24, 2.45) is 0 Å². The van der Waals surface area contributed by atoms with Gasteiger partial charge in [-0.3, -0.25) is 0 Å². The van der Waals surface area contributed by atoms with Gasteiger partial charge < -0.3 is 5.11 Å². The molecule has 0 fully saturated rings. The Balaban J connectivity index is 2.20. The van der Waals surface area contributed by atoms with Crippen molar-refractivity contribution in [2.45, 2.75) is 12.5 Å². The molecule has 0 aliphatic rings. The average Bonchev–Trinajstić information content (AvgIpc) is 2.41. The van der Waals surface area contributed by atoms with Crippen molar-refractivity contribution >= 4 is 11.6 Å². The van der Waals surface area contributed by atoms with E-state index in [4.69, 9.17) is 16.9 Å². The second kappa shape index (κ2) is 5.68. The van der Waals surface area contributed by atoms with Crippen molar-refractivity contribution in [1.29, 1.82) is 5.26 Å². The van der Waals surface area contributed by atoms with Crippen LogP contribution >= 0.6 is 11.6 Å². The quantitative estimate of drug-likeness (QED) is 0.915. The van der Waals surface area contributed by atoms with Crippen LogP contribution in [0.3, 0.4) is 0 Å². The molecule has 0 radical (unpaired) electrons. The molecule has 0 saturated heterocycles. The van der Waals surface area contributed by atoms with Gasteiger partial charge in [-0.1, -0.05) is 41.9 Å². The second-order valence-corrected chi connectivity index (χ2v) is 4.46. The standard InChI is InChI=1S/C15H12ClNO/c16-14-7-2-1-5-12(14)9-15(18)13-6-3-4-11(8-13)10-17/h1-8,15,18H,9H2. The van der Waals surface area contributed by atoms with E-state index < -0.39 is 6.10 Å². The molecular formula is C15H12ClNO. The predicted octanol–water partition coefficient (Wildman–Crippen LogP) is 3.49. The van der Waals surface area contributed by atoms with E-state index in [0.717, 1.165) is 11.1 Å². The van der Waals surface area contributed by atoms with Crippen LogP contribution in [-0.4, -0.2) is 5.11 Å². The fourth-order valence-electron chi connectivity index (χ4n) is 1.81. The highest BCUT2D eigenvalue weighted by Gasteiger charge is 2.11. The van der Waals surface area contributed by atoms with Crippen LogP contribution in [0.1, 0.15) is 22.8 Å². The summed E-state index contributed by atoms with van der Waals surface area (Å²) in [6.07, 6.45) is -0.215. The van der Waals surface area contributed by atoms with Crippen LogP contribution in [0.2, 0.25) is 5.02 Å². The highest BCUT2D eigenvalue weighted by Crippen LogP contribution is 2.23. The lowest BCUT2D eigenvalue weighted by molar-refractivity contribution is 0.178. The monoisotopic (exact) mass is 257 g/mol. The number of nitrogens with zero attached hydrogens (tertiary/aromatic N) is 1. The number of nitriles is 1. The first kappa shape index (κ1) is 12.6. The number of hydrogen-bond acceptors (Lipinski definition) is 2. The van der Waals surface area contributed by atoms with E-state index in [2.05, 4.69) is 6.07 Å². The van der Waals surface area contributed by atoms with Gasteiger partial charge in [0.2, 0.25) is 0 Å². The molecule has 1 unspecified atom stereocenters. The van der Waals surface area contributed by atoms with Gasteiger partial charge in [-0.05, 0) is 29.3 Å². The molecule has 2 nitrogen and oxygen atoms in total. The minimum absolute atomic E-state index is 0.439. The smallest absolute Gasteiger partial charge is 0.0991 e. The summed E-state index contributed by atoms with van der Waals surface area (Å²) in [5, 5.41) is 19.6. The van der Waals surface area contributed by atoms with Crippen molar-refractivity contribution in [1.82, 2.24) is 0 Å². The maximum atomic E-state index is 10.2. The normalized spacial score (nSPS) is 11.8. The number of aliphatic hydroxyl groups is 1. The van der Waals surface area contributed by atoms with Crippen LogP contribution in [0.15, 0.2) is 48.5 Å². The minimum atomic E-state index is -0.654. The SMILES string of the molecule is N#Cc1cccc(C(O)Cc2ccccc2Cl)c1. The number of benzene rings is 2. The molecule has 0 heterocycles. The van der Waals surface area contributed by atoms with E-state index >= 15 is 0 Å². The maximum absolute atomic E-state index is 10.2. The summed E-state index contributed by atoms with van der Waals surface area (Å²) < 4.78 is 0. The van der Waals surface area contributed by atoms with Gasteiger partial charge in [-0.15, -0.1) is 0 Å². The Morgan fingerprint density at radius 3 is 2.67 bits per heavy atom. The Labute approximate surface area is 111 Å². The van der Waals surface area contributed by atoms with Crippen molar-refractivity contribution in [3.63, 3.8) is 0 Å². The van der Waals surface area contributed by atoms with E-state index in [0.29, 0.717) is 17.0 Å².